The van der Waals surface area contributed by atoms with E-state index in [2.05, 4.69) is 44.0 Å². The van der Waals surface area contributed by atoms with Crippen LogP contribution in [0.25, 0.3) is 11.3 Å². The fraction of sp³-hybridized carbons (Fsp3) is 0.412. The largest absolute Gasteiger partial charge is 0.344 e. The Morgan fingerprint density at radius 1 is 1.15 bits per heavy atom. The zero-order valence-electron chi connectivity index (χ0n) is 12.5. The summed E-state index contributed by atoms with van der Waals surface area (Å²) in [4.78, 5) is 8.09. The number of H-pyrrole nitrogens is 1. The molecule has 3 nitrogen and oxygen atoms in total. The molecule has 0 radical (unpaired) electrons. The minimum atomic E-state index is -0.352. The van der Waals surface area contributed by atoms with E-state index in [0.717, 1.165) is 30.1 Å². The summed E-state index contributed by atoms with van der Waals surface area (Å²) in [5, 5.41) is 9.32. The van der Waals surface area contributed by atoms with Gasteiger partial charge in [-0.25, -0.2) is 4.98 Å². The van der Waals surface area contributed by atoms with Crippen molar-refractivity contribution in [1.82, 2.24) is 9.97 Å². The number of aromatic amines is 1. The van der Waals surface area contributed by atoms with Crippen molar-refractivity contribution >= 4 is 0 Å². The van der Waals surface area contributed by atoms with Crippen molar-refractivity contribution in [3.63, 3.8) is 0 Å². The molecule has 0 bridgehead atoms. The summed E-state index contributed by atoms with van der Waals surface area (Å²) in [5.41, 5.74) is 6.65. The highest BCUT2D eigenvalue weighted by molar-refractivity contribution is 5.70. The highest BCUT2D eigenvalue weighted by atomic mass is 15.0. The fourth-order valence-corrected chi connectivity index (χ4v) is 3.01. The number of aromatic nitrogens is 2. The van der Waals surface area contributed by atoms with Gasteiger partial charge in [0, 0.05) is 11.3 Å². The lowest BCUT2D eigenvalue weighted by Gasteiger charge is -2.10. The molecule has 0 saturated heterocycles. The molecule has 1 saturated carbocycles. The zero-order valence-corrected chi connectivity index (χ0v) is 12.5. The molecule has 1 aliphatic rings. The quantitative estimate of drug-likeness (QED) is 0.896. The molecule has 0 atom stereocenters. The minimum absolute atomic E-state index is 0.352. The van der Waals surface area contributed by atoms with E-state index in [1.165, 1.54) is 22.3 Å². The Kier molecular flexibility index (Phi) is 2.72. The highest BCUT2D eigenvalue weighted by Gasteiger charge is 2.48. The van der Waals surface area contributed by atoms with E-state index < -0.39 is 0 Å². The second-order valence-electron chi connectivity index (χ2n) is 6.03. The molecule has 2 aromatic rings. The van der Waals surface area contributed by atoms with Gasteiger partial charge in [0.05, 0.1) is 11.8 Å². The average Bonchev–Trinajstić information content (AvgIpc) is 3.08. The standard InChI is InChI=1S/C17H19N3/c1-10-7-11(2)14(12(3)8-10)15-13(4)19-16(20-15)17(9-18)5-6-17/h7-8H,5-6H2,1-4H3,(H,19,20). The van der Waals surface area contributed by atoms with Crippen LogP contribution < -0.4 is 0 Å². The van der Waals surface area contributed by atoms with Gasteiger partial charge in [0.2, 0.25) is 0 Å². The van der Waals surface area contributed by atoms with Gasteiger partial charge in [-0.05, 0) is 51.7 Å². The van der Waals surface area contributed by atoms with Crippen molar-refractivity contribution in [2.45, 2.75) is 46.0 Å². The van der Waals surface area contributed by atoms with Crippen molar-refractivity contribution < 1.29 is 0 Å². The molecule has 1 heterocycles. The van der Waals surface area contributed by atoms with Crippen molar-refractivity contribution in [2.24, 2.45) is 0 Å². The first-order valence-electron chi connectivity index (χ1n) is 7.03. The number of hydrogen-bond acceptors (Lipinski definition) is 2. The van der Waals surface area contributed by atoms with E-state index >= 15 is 0 Å². The van der Waals surface area contributed by atoms with Crippen LogP contribution in [0, 0.1) is 39.0 Å². The van der Waals surface area contributed by atoms with Crippen LogP contribution in [0.2, 0.25) is 0 Å². The minimum Gasteiger partial charge on any atom is -0.344 e. The predicted octanol–water partition coefficient (Wildman–Crippen LogP) is 3.87. The number of benzene rings is 1. The lowest BCUT2D eigenvalue weighted by molar-refractivity contribution is 0.818. The first-order valence-corrected chi connectivity index (χ1v) is 7.03. The van der Waals surface area contributed by atoms with Gasteiger partial charge < -0.3 is 4.98 Å². The molecule has 0 aliphatic heterocycles. The number of hydrogen-bond donors (Lipinski definition) is 1. The number of nitrogens with one attached hydrogen (secondary N) is 1. The summed E-state index contributed by atoms with van der Waals surface area (Å²) >= 11 is 0. The normalized spacial score (nSPS) is 15.9. The fourth-order valence-electron chi connectivity index (χ4n) is 3.01. The van der Waals surface area contributed by atoms with Gasteiger partial charge in [-0.2, -0.15) is 5.26 Å². The van der Waals surface area contributed by atoms with Crippen molar-refractivity contribution in [3.8, 4) is 17.3 Å². The van der Waals surface area contributed by atoms with Crippen molar-refractivity contribution in [1.29, 1.82) is 5.26 Å². The molecular formula is C17H19N3. The Balaban J connectivity index is 2.15. The van der Waals surface area contributed by atoms with Gasteiger partial charge in [0.25, 0.3) is 0 Å². The maximum absolute atomic E-state index is 9.32. The van der Waals surface area contributed by atoms with Crippen LogP contribution in [0.15, 0.2) is 12.1 Å². The maximum atomic E-state index is 9.32. The topological polar surface area (TPSA) is 52.5 Å². The summed E-state index contributed by atoms with van der Waals surface area (Å²) in [6.45, 7) is 8.40. The summed E-state index contributed by atoms with van der Waals surface area (Å²) in [6, 6.07) is 6.78. The van der Waals surface area contributed by atoms with Crippen LogP contribution in [-0.2, 0) is 5.41 Å². The van der Waals surface area contributed by atoms with E-state index in [4.69, 9.17) is 4.98 Å². The van der Waals surface area contributed by atoms with Gasteiger partial charge in [-0.3, -0.25) is 0 Å². The second kappa shape index (κ2) is 4.21. The Morgan fingerprint density at radius 3 is 2.25 bits per heavy atom. The molecule has 1 fully saturated rings. The van der Waals surface area contributed by atoms with Gasteiger partial charge in [0.1, 0.15) is 11.2 Å². The molecule has 3 heteroatoms. The molecular weight excluding hydrogens is 246 g/mol. The summed E-state index contributed by atoms with van der Waals surface area (Å²) in [5.74, 6) is 0.840. The molecule has 20 heavy (non-hydrogen) atoms. The van der Waals surface area contributed by atoms with Gasteiger partial charge in [-0.1, -0.05) is 17.7 Å². The lowest BCUT2D eigenvalue weighted by Crippen LogP contribution is -2.05. The van der Waals surface area contributed by atoms with Gasteiger partial charge >= 0.3 is 0 Å². The Hall–Kier alpha value is -2.08. The summed E-state index contributed by atoms with van der Waals surface area (Å²) in [6.07, 6.45) is 1.84. The number of nitriles is 1. The van der Waals surface area contributed by atoms with Crippen LogP contribution in [0.5, 0.6) is 0 Å². The lowest BCUT2D eigenvalue weighted by atomic mass is 9.96. The van der Waals surface area contributed by atoms with Crippen molar-refractivity contribution in [3.05, 3.63) is 40.3 Å². The zero-order chi connectivity index (χ0) is 14.5. The molecule has 0 unspecified atom stereocenters. The maximum Gasteiger partial charge on any atom is 0.127 e. The van der Waals surface area contributed by atoms with E-state index in [0.29, 0.717) is 0 Å². The molecule has 102 valence electrons. The molecule has 0 spiro atoms. The molecule has 1 N–H and O–H groups in total. The van der Waals surface area contributed by atoms with Crippen LogP contribution >= 0.6 is 0 Å². The first-order chi connectivity index (χ1) is 9.47. The van der Waals surface area contributed by atoms with Crippen LogP contribution in [0.1, 0.15) is 41.1 Å². The molecule has 3 rings (SSSR count). The number of nitrogens with zero attached hydrogens (tertiary/aromatic N) is 2. The third-order valence-electron chi connectivity index (χ3n) is 4.22. The molecule has 0 amide bonds. The number of imidazole rings is 1. The van der Waals surface area contributed by atoms with Crippen molar-refractivity contribution in [2.75, 3.05) is 0 Å². The number of aryl methyl sites for hydroxylation is 4. The van der Waals surface area contributed by atoms with E-state index in [-0.39, 0.29) is 5.41 Å². The molecule has 1 aliphatic carbocycles. The Morgan fingerprint density at radius 2 is 1.75 bits per heavy atom. The third kappa shape index (κ3) is 1.84. The van der Waals surface area contributed by atoms with E-state index in [9.17, 15) is 5.26 Å². The van der Waals surface area contributed by atoms with Crippen LogP contribution in [-0.4, -0.2) is 9.97 Å². The van der Waals surface area contributed by atoms with Gasteiger partial charge in [0.15, 0.2) is 0 Å². The van der Waals surface area contributed by atoms with E-state index in [1.54, 1.807) is 0 Å². The van der Waals surface area contributed by atoms with E-state index in [1.807, 2.05) is 6.92 Å². The highest BCUT2D eigenvalue weighted by Crippen LogP contribution is 2.47. The summed E-state index contributed by atoms with van der Waals surface area (Å²) < 4.78 is 0. The second-order valence-corrected chi connectivity index (χ2v) is 6.03. The first kappa shape index (κ1) is 12.9. The predicted molar refractivity (Wildman–Crippen MR) is 79.5 cm³/mol. The average molecular weight is 265 g/mol. The Labute approximate surface area is 119 Å². The van der Waals surface area contributed by atoms with Crippen LogP contribution in [0.4, 0.5) is 0 Å². The van der Waals surface area contributed by atoms with Crippen LogP contribution in [0.3, 0.4) is 0 Å². The monoisotopic (exact) mass is 265 g/mol. The number of rotatable bonds is 2. The SMILES string of the molecule is Cc1cc(C)c(-c2nc(C3(C#N)CC3)[nH]c2C)c(C)c1. The third-order valence-corrected chi connectivity index (χ3v) is 4.22. The Bertz CT molecular complexity index is 704. The molecule has 1 aromatic carbocycles. The smallest absolute Gasteiger partial charge is 0.127 e. The summed E-state index contributed by atoms with van der Waals surface area (Å²) in [7, 11) is 0. The van der Waals surface area contributed by atoms with Gasteiger partial charge in [-0.15, -0.1) is 0 Å². The molecule has 1 aromatic heterocycles.